The van der Waals surface area contributed by atoms with Crippen LogP contribution in [0.4, 0.5) is 0 Å². The number of ether oxygens (including phenoxy) is 2. The first-order valence-electron chi connectivity index (χ1n) is 12.1. The van der Waals surface area contributed by atoms with Crippen molar-refractivity contribution >= 4 is 13.4 Å². The van der Waals surface area contributed by atoms with Crippen LogP contribution in [0.5, 0.6) is 5.75 Å². The summed E-state index contributed by atoms with van der Waals surface area (Å²) in [6.07, 6.45) is 6.63. The summed E-state index contributed by atoms with van der Waals surface area (Å²) in [4.78, 5) is 14.9. The summed E-state index contributed by atoms with van der Waals surface area (Å²) in [5.41, 5.74) is 11.4. The molecule has 0 bridgehead atoms. The molecule has 2 saturated carbocycles. The second-order valence-corrected chi connectivity index (χ2v) is 12.3. The molecule has 6 atom stereocenters. The Bertz CT molecular complexity index is 1130. The number of nitrogens with zero attached hydrogens (tertiary/aromatic N) is 3. The zero-order valence-corrected chi connectivity index (χ0v) is 21.8. The Morgan fingerprint density at radius 2 is 2.09 bits per heavy atom. The molecule has 4 rings (SSSR count). The lowest BCUT2D eigenvalue weighted by molar-refractivity contribution is -0.0378. The second kappa shape index (κ2) is 9.88. The van der Waals surface area contributed by atoms with Gasteiger partial charge in [0.15, 0.2) is 12.6 Å². The van der Waals surface area contributed by atoms with Gasteiger partial charge < -0.3 is 14.1 Å². The number of azide groups is 1. The predicted octanol–water partition coefficient (Wildman–Crippen LogP) is 7.57. The highest BCUT2D eigenvalue weighted by atomic mass is 31.2. The number of carbonyl (C=O) groups is 1. The number of hydrogen-bond acceptors (Lipinski definition) is 7. The molecule has 0 amide bonds. The first-order valence-corrected chi connectivity index (χ1v) is 14.1. The molecule has 0 saturated heterocycles. The number of benzene rings is 1. The van der Waals surface area contributed by atoms with E-state index in [-0.39, 0.29) is 20.2 Å². The molecular weight excluding hydrogens is 469 g/mol. The molecule has 35 heavy (non-hydrogen) atoms. The molecule has 0 radical (unpaired) electrons. The smallest absolute Gasteiger partial charge is 0.385 e. The monoisotopic (exact) mass is 507 g/mol. The summed E-state index contributed by atoms with van der Waals surface area (Å²) in [5.74, 6) is 2.66. The third-order valence-electron chi connectivity index (χ3n) is 8.18. The first kappa shape index (κ1) is 25.6. The van der Waals surface area contributed by atoms with Crippen molar-refractivity contribution in [2.45, 2.75) is 71.3 Å². The average molecular weight is 508 g/mol. The molecule has 9 nitrogen and oxygen atoms in total. The van der Waals surface area contributed by atoms with Gasteiger partial charge in [0.2, 0.25) is 0 Å². The molecule has 3 unspecified atom stereocenters. The van der Waals surface area contributed by atoms with Crippen LogP contribution in [0.25, 0.3) is 10.4 Å². The van der Waals surface area contributed by atoms with Crippen LogP contribution in [0.1, 0.15) is 83.1 Å². The number of hydrogen-bond donors (Lipinski definition) is 0. The number of Topliss-reactive ketones (excluding diaryl/α,β-unsaturated/α-hetero) is 1. The Morgan fingerprint density at radius 1 is 1.31 bits per heavy atom. The van der Waals surface area contributed by atoms with E-state index in [0.29, 0.717) is 29.1 Å². The SMILES string of the molecule is C=C(C)O[C@H]1CCC2[C@@H]3CCc4cc(OCOP(C)(=O)ON=[N+]=[N-])c(C(C)=O)cc4C3CC[C@@]21C.[HH].[HH]. The number of aryl methyl sites for hydroxylation is 1. The standard InChI is InChI=1S/C25H34N3O6P.2H2/c1-15(2)33-24-9-8-22-19-7-6-17-12-23(31-14-32-35(5,30)34-28-27-26)20(16(3)29)13-21(17)18(19)10-11-25(22,24)4;;/h12-13,18-19,22,24H,1,6-11,14H2,2-5H3;2*1H/t18?,19-,22?,24+,25+,35?;;/m1../s1. The molecule has 0 aromatic heterocycles. The number of allylic oxidation sites excluding steroid dienone is 1. The highest BCUT2D eigenvalue weighted by Gasteiger charge is 2.55. The summed E-state index contributed by atoms with van der Waals surface area (Å²) in [6, 6.07) is 3.92. The van der Waals surface area contributed by atoms with Crippen LogP contribution >= 0.6 is 7.60 Å². The lowest BCUT2D eigenvalue weighted by atomic mass is 9.55. The van der Waals surface area contributed by atoms with E-state index in [4.69, 9.17) is 19.5 Å². The van der Waals surface area contributed by atoms with E-state index in [2.05, 4.69) is 28.3 Å². The molecule has 0 aliphatic heterocycles. The summed E-state index contributed by atoms with van der Waals surface area (Å²) in [7, 11) is -3.60. The van der Waals surface area contributed by atoms with Gasteiger partial charge in [0.1, 0.15) is 17.1 Å². The highest BCUT2D eigenvalue weighted by Crippen LogP contribution is 2.62. The van der Waals surface area contributed by atoms with E-state index >= 15 is 0 Å². The Hall–Kier alpha value is -2.47. The van der Waals surface area contributed by atoms with Gasteiger partial charge in [-0.1, -0.05) is 13.5 Å². The Kier molecular flexibility index (Phi) is 7.23. The van der Waals surface area contributed by atoms with Crippen molar-refractivity contribution in [3.8, 4) is 5.75 Å². The Labute approximate surface area is 209 Å². The van der Waals surface area contributed by atoms with Crippen LogP contribution in [0.3, 0.4) is 0 Å². The fraction of sp³-hybridized carbons (Fsp3) is 0.640. The minimum Gasteiger partial charge on any atom is -0.495 e. The minimum absolute atomic E-state index is 0. The number of carbonyl (C=O) groups excluding carboxylic acids is 1. The number of rotatable bonds is 9. The summed E-state index contributed by atoms with van der Waals surface area (Å²) >= 11 is 0. The predicted molar refractivity (Wildman–Crippen MR) is 135 cm³/mol. The molecule has 1 aromatic rings. The average Bonchev–Trinajstić information content (AvgIpc) is 3.12. The fourth-order valence-corrected chi connectivity index (χ4v) is 7.13. The largest absolute Gasteiger partial charge is 0.495 e. The molecule has 0 heterocycles. The van der Waals surface area contributed by atoms with Crippen molar-refractivity contribution in [2.24, 2.45) is 22.5 Å². The van der Waals surface area contributed by atoms with E-state index in [1.165, 1.54) is 24.7 Å². The van der Waals surface area contributed by atoms with Crippen molar-refractivity contribution in [1.82, 2.24) is 0 Å². The second-order valence-electron chi connectivity index (χ2n) is 10.4. The summed E-state index contributed by atoms with van der Waals surface area (Å²) < 4.78 is 33.6. The van der Waals surface area contributed by atoms with Gasteiger partial charge in [-0.2, -0.15) is 0 Å². The third kappa shape index (κ3) is 5.09. The first-order chi connectivity index (χ1) is 16.6. The quantitative estimate of drug-likeness (QED) is 0.0497. The molecule has 2 fully saturated rings. The van der Waals surface area contributed by atoms with Crippen LogP contribution in [0.15, 0.2) is 29.7 Å². The van der Waals surface area contributed by atoms with Gasteiger partial charge in [0.05, 0.1) is 18.0 Å². The Morgan fingerprint density at radius 3 is 2.77 bits per heavy atom. The van der Waals surface area contributed by atoms with Gasteiger partial charge in [0.25, 0.3) is 0 Å². The van der Waals surface area contributed by atoms with Gasteiger partial charge in [-0.05, 0) is 98.9 Å². The third-order valence-corrected chi connectivity index (χ3v) is 9.13. The van der Waals surface area contributed by atoms with E-state index < -0.39 is 14.4 Å². The summed E-state index contributed by atoms with van der Waals surface area (Å²) in [6.45, 7) is 10.6. The molecular formula is C25H38N3O6P. The van der Waals surface area contributed by atoms with Gasteiger partial charge >= 0.3 is 7.60 Å². The molecule has 194 valence electrons. The number of fused-ring (bicyclic) bond motifs is 5. The van der Waals surface area contributed by atoms with Crippen LogP contribution in [-0.2, 0) is 24.9 Å². The molecule has 0 N–H and O–H groups in total. The van der Waals surface area contributed by atoms with Crippen molar-refractivity contribution in [2.75, 3.05) is 13.5 Å². The maximum atomic E-state index is 12.5. The summed E-state index contributed by atoms with van der Waals surface area (Å²) in [5, 5.41) is 2.83. The zero-order chi connectivity index (χ0) is 25.4. The van der Waals surface area contributed by atoms with Crippen molar-refractivity contribution in [3.05, 3.63) is 51.6 Å². The van der Waals surface area contributed by atoms with Crippen LogP contribution in [0, 0.1) is 17.3 Å². The van der Waals surface area contributed by atoms with Crippen LogP contribution < -0.4 is 4.74 Å². The highest BCUT2D eigenvalue weighted by molar-refractivity contribution is 7.52. The van der Waals surface area contributed by atoms with Gasteiger partial charge in [-0.25, -0.2) is 4.57 Å². The normalized spacial score (nSPS) is 30.5. The minimum atomic E-state index is -3.60. The van der Waals surface area contributed by atoms with E-state index in [9.17, 15) is 9.36 Å². The Balaban J connectivity index is 0.00000241. The van der Waals surface area contributed by atoms with Gasteiger partial charge in [-0.3, -0.25) is 9.32 Å². The van der Waals surface area contributed by atoms with Crippen molar-refractivity contribution < 1.29 is 30.8 Å². The fourth-order valence-electron chi connectivity index (χ4n) is 6.67. The van der Waals surface area contributed by atoms with Crippen LogP contribution in [0.2, 0.25) is 0 Å². The maximum Gasteiger partial charge on any atom is 0.385 e. The van der Waals surface area contributed by atoms with E-state index in [1.807, 2.05) is 19.1 Å². The van der Waals surface area contributed by atoms with Crippen LogP contribution in [-0.4, -0.2) is 25.3 Å². The topological polar surface area (TPSA) is 120 Å². The molecule has 10 heteroatoms. The maximum absolute atomic E-state index is 12.5. The van der Waals surface area contributed by atoms with E-state index in [1.54, 1.807) is 0 Å². The number of ketones is 1. The molecule has 3 aliphatic rings. The molecule has 0 spiro atoms. The van der Waals surface area contributed by atoms with E-state index in [0.717, 1.165) is 44.3 Å². The zero-order valence-electron chi connectivity index (χ0n) is 20.9. The van der Waals surface area contributed by atoms with Gasteiger partial charge in [-0.15, -0.1) is 0 Å². The van der Waals surface area contributed by atoms with Crippen molar-refractivity contribution in [1.29, 1.82) is 0 Å². The lowest BCUT2D eigenvalue weighted by Crippen LogP contribution is -2.44. The molecule has 3 aliphatic carbocycles. The molecule has 1 aromatic carbocycles. The van der Waals surface area contributed by atoms with Gasteiger partial charge in [0, 0.05) is 13.2 Å². The lowest BCUT2D eigenvalue weighted by Gasteiger charge is -2.50. The van der Waals surface area contributed by atoms with Crippen molar-refractivity contribution in [3.63, 3.8) is 0 Å².